The van der Waals surface area contributed by atoms with Crippen molar-refractivity contribution in [1.82, 2.24) is 4.90 Å². The van der Waals surface area contributed by atoms with Crippen molar-refractivity contribution in [3.8, 4) is 11.8 Å². The molecule has 0 aliphatic carbocycles. The van der Waals surface area contributed by atoms with Crippen LogP contribution in [0.15, 0.2) is 84.4 Å². The third-order valence-corrected chi connectivity index (χ3v) is 6.28. The zero-order valence-corrected chi connectivity index (χ0v) is 20.3. The van der Waals surface area contributed by atoms with Crippen LogP contribution >= 0.6 is 22.6 Å². The Morgan fingerprint density at radius 1 is 0.939 bits per heavy atom. The number of hydrogen-bond donors (Lipinski definition) is 0. The van der Waals surface area contributed by atoms with E-state index in [1.807, 2.05) is 66.7 Å². The van der Waals surface area contributed by atoms with Gasteiger partial charge in [-0.3, -0.25) is 4.79 Å². The molecule has 166 valence electrons. The van der Waals surface area contributed by atoms with Gasteiger partial charge < -0.3 is 14.5 Å². The lowest BCUT2D eigenvalue weighted by Gasteiger charge is -2.36. The molecule has 0 spiro atoms. The van der Waals surface area contributed by atoms with Gasteiger partial charge in [-0.15, -0.1) is 0 Å². The van der Waals surface area contributed by atoms with Crippen molar-refractivity contribution >= 4 is 40.3 Å². The molecule has 0 bridgehead atoms. The summed E-state index contributed by atoms with van der Waals surface area (Å²) in [5, 5.41) is 9.73. The zero-order valence-electron chi connectivity index (χ0n) is 18.2. The van der Waals surface area contributed by atoms with E-state index >= 15 is 0 Å². The fraction of sp³-hybridized carbons (Fsp3) is 0.185. The quantitative estimate of drug-likeness (QED) is 0.243. The predicted molar refractivity (Wildman–Crippen MR) is 139 cm³/mol. The van der Waals surface area contributed by atoms with Crippen molar-refractivity contribution < 1.29 is 9.53 Å². The van der Waals surface area contributed by atoms with Gasteiger partial charge in [0.2, 0.25) is 0 Å². The molecule has 0 N–H and O–H groups in total. The largest absolute Gasteiger partial charge is 0.488 e. The third kappa shape index (κ3) is 5.93. The minimum absolute atomic E-state index is 0.119. The summed E-state index contributed by atoms with van der Waals surface area (Å²) < 4.78 is 7.18. The van der Waals surface area contributed by atoms with Gasteiger partial charge in [0.1, 0.15) is 24.0 Å². The molecule has 5 nitrogen and oxygen atoms in total. The summed E-state index contributed by atoms with van der Waals surface area (Å²) in [7, 11) is 0. The molecule has 3 aromatic carbocycles. The predicted octanol–water partition coefficient (Wildman–Crippen LogP) is 5.13. The highest BCUT2D eigenvalue weighted by Crippen LogP contribution is 2.23. The lowest BCUT2D eigenvalue weighted by atomic mass is 10.1. The van der Waals surface area contributed by atoms with E-state index in [1.54, 1.807) is 11.0 Å². The summed E-state index contributed by atoms with van der Waals surface area (Å²) in [6, 6.07) is 27.9. The van der Waals surface area contributed by atoms with Crippen LogP contribution in [-0.4, -0.2) is 37.0 Å². The first-order valence-electron chi connectivity index (χ1n) is 10.8. The van der Waals surface area contributed by atoms with Crippen molar-refractivity contribution in [2.75, 3.05) is 31.1 Å². The molecule has 1 saturated heterocycles. The molecule has 1 aliphatic heterocycles. The molecule has 0 radical (unpaired) electrons. The van der Waals surface area contributed by atoms with Crippen molar-refractivity contribution in [2.45, 2.75) is 6.61 Å². The summed E-state index contributed by atoms with van der Waals surface area (Å²) in [6.45, 7) is 3.06. The van der Waals surface area contributed by atoms with Gasteiger partial charge in [0.25, 0.3) is 5.91 Å². The second kappa shape index (κ2) is 11.0. The number of nitriles is 1. The van der Waals surface area contributed by atoms with E-state index in [1.165, 1.54) is 3.57 Å². The summed E-state index contributed by atoms with van der Waals surface area (Å²) in [6.07, 6.45) is 1.63. The van der Waals surface area contributed by atoms with Gasteiger partial charge in [-0.2, -0.15) is 5.26 Å². The van der Waals surface area contributed by atoms with Gasteiger partial charge in [-0.05, 0) is 64.6 Å². The highest BCUT2D eigenvalue weighted by molar-refractivity contribution is 14.1. The van der Waals surface area contributed by atoms with Crippen LogP contribution in [0.3, 0.4) is 0 Å². The number of para-hydroxylation sites is 2. The Hall–Kier alpha value is -3.31. The topological polar surface area (TPSA) is 56.6 Å². The zero-order chi connectivity index (χ0) is 23.0. The SMILES string of the molecule is N#C/C(=C/c1ccccc1OCc1ccc(I)cc1)C(=O)N1CCN(c2ccccc2)CC1. The standard InChI is InChI=1S/C27H24IN3O2/c28-24-12-10-21(11-13-24)20-33-26-9-5-4-6-22(26)18-23(19-29)27(32)31-16-14-30(15-17-31)25-7-2-1-3-8-25/h1-13,18H,14-17,20H2/b23-18-. The highest BCUT2D eigenvalue weighted by atomic mass is 127. The number of anilines is 1. The van der Waals surface area contributed by atoms with Crippen LogP contribution in [0.1, 0.15) is 11.1 Å². The number of rotatable bonds is 6. The molecular weight excluding hydrogens is 525 g/mol. The molecule has 1 heterocycles. The number of piperazine rings is 1. The Kier molecular flexibility index (Phi) is 7.63. The molecule has 0 aromatic heterocycles. The van der Waals surface area contributed by atoms with Gasteiger partial charge in [0.15, 0.2) is 0 Å². The van der Waals surface area contributed by atoms with Gasteiger partial charge in [-0.25, -0.2) is 0 Å². The number of nitrogens with zero attached hydrogens (tertiary/aromatic N) is 3. The number of carbonyl (C=O) groups is 1. The van der Waals surface area contributed by atoms with E-state index in [2.05, 4.69) is 45.7 Å². The normalized spacial score (nSPS) is 14.0. The van der Waals surface area contributed by atoms with Gasteiger partial charge in [0, 0.05) is 41.0 Å². The van der Waals surface area contributed by atoms with E-state index in [0.717, 1.165) is 29.9 Å². The first-order valence-corrected chi connectivity index (χ1v) is 11.9. The van der Waals surface area contributed by atoms with E-state index in [-0.39, 0.29) is 11.5 Å². The molecule has 0 saturated carbocycles. The average Bonchev–Trinajstić information content (AvgIpc) is 2.88. The number of hydrogen-bond acceptors (Lipinski definition) is 4. The van der Waals surface area contributed by atoms with Crippen LogP contribution < -0.4 is 9.64 Å². The molecule has 0 atom stereocenters. The van der Waals surface area contributed by atoms with Crippen molar-refractivity contribution in [1.29, 1.82) is 5.26 Å². The van der Waals surface area contributed by atoms with E-state index in [0.29, 0.717) is 25.4 Å². The highest BCUT2D eigenvalue weighted by Gasteiger charge is 2.24. The smallest absolute Gasteiger partial charge is 0.264 e. The Balaban J connectivity index is 1.44. The Labute approximate surface area is 208 Å². The molecule has 1 amide bonds. The van der Waals surface area contributed by atoms with E-state index in [4.69, 9.17) is 4.74 Å². The first-order chi connectivity index (χ1) is 16.1. The maximum Gasteiger partial charge on any atom is 0.264 e. The summed E-state index contributed by atoms with van der Waals surface area (Å²) in [4.78, 5) is 17.1. The molecule has 1 fully saturated rings. The van der Waals surface area contributed by atoms with E-state index in [9.17, 15) is 10.1 Å². The van der Waals surface area contributed by atoms with Crippen molar-refractivity contribution in [3.63, 3.8) is 0 Å². The fourth-order valence-electron chi connectivity index (χ4n) is 3.75. The minimum Gasteiger partial charge on any atom is -0.488 e. The minimum atomic E-state index is -0.238. The molecular formula is C27H24IN3O2. The summed E-state index contributed by atoms with van der Waals surface area (Å²) >= 11 is 2.27. The maximum atomic E-state index is 13.1. The van der Waals surface area contributed by atoms with Crippen LogP contribution in [0.25, 0.3) is 6.08 Å². The van der Waals surface area contributed by atoms with E-state index < -0.39 is 0 Å². The lowest BCUT2D eigenvalue weighted by molar-refractivity contribution is -0.126. The van der Waals surface area contributed by atoms with Crippen LogP contribution in [0, 0.1) is 14.9 Å². The van der Waals surface area contributed by atoms with Crippen LogP contribution in [0.4, 0.5) is 5.69 Å². The van der Waals surface area contributed by atoms with Gasteiger partial charge >= 0.3 is 0 Å². The van der Waals surface area contributed by atoms with Crippen LogP contribution in [0.5, 0.6) is 5.75 Å². The second-order valence-electron chi connectivity index (χ2n) is 7.74. The Bertz CT molecular complexity index is 1160. The molecule has 6 heteroatoms. The summed E-state index contributed by atoms with van der Waals surface area (Å²) in [5.74, 6) is 0.406. The van der Waals surface area contributed by atoms with Crippen molar-refractivity contribution in [2.24, 2.45) is 0 Å². The molecule has 33 heavy (non-hydrogen) atoms. The second-order valence-corrected chi connectivity index (χ2v) is 8.98. The molecule has 3 aromatic rings. The van der Waals surface area contributed by atoms with Gasteiger partial charge in [-0.1, -0.05) is 48.5 Å². The molecule has 0 unspecified atom stereocenters. The lowest BCUT2D eigenvalue weighted by Crippen LogP contribution is -2.49. The van der Waals surface area contributed by atoms with Crippen LogP contribution in [0.2, 0.25) is 0 Å². The number of ether oxygens (including phenoxy) is 1. The number of halogens is 1. The average molecular weight is 549 g/mol. The Morgan fingerprint density at radius 2 is 1.61 bits per heavy atom. The summed E-state index contributed by atoms with van der Waals surface area (Å²) in [5.41, 5.74) is 3.05. The number of amides is 1. The van der Waals surface area contributed by atoms with Gasteiger partial charge in [0.05, 0.1) is 0 Å². The first kappa shape index (κ1) is 22.9. The fourth-order valence-corrected chi connectivity index (χ4v) is 4.11. The van der Waals surface area contributed by atoms with Crippen molar-refractivity contribution in [3.05, 3.63) is 99.1 Å². The maximum absolute atomic E-state index is 13.1. The monoisotopic (exact) mass is 549 g/mol. The third-order valence-electron chi connectivity index (χ3n) is 5.57. The Morgan fingerprint density at radius 3 is 2.30 bits per heavy atom. The number of benzene rings is 3. The van der Waals surface area contributed by atoms with Crippen LogP contribution in [-0.2, 0) is 11.4 Å². The molecule has 1 aliphatic rings. The molecule has 4 rings (SSSR count). The number of carbonyl (C=O) groups excluding carboxylic acids is 1.